The Morgan fingerprint density at radius 3 is 2.30 bits per heavy atom. The van der Waals surface area contributed by atoms with Crippen LogP contribution < -0.4 is 10.0 Å². The van der Waals surface area contributed by atoms with Crippen LogP contribution >= 0.6 is 11.6 Å². The molecule has 0 aromatic heterocycles. The van der Waals surface area contributed by atoms with Gasteiger partial charge in [0.25, 0.3) is 10.0 Å². The zero-order valence-corrected chi connectivity index (χ0v) is 17.5. The maximum atomic E-state index is 12.9. The summed E-state index contributed by atoms with van der Waals surface area (Å²) >= 11 is 5.90. The van der Waals surface area contributed by atoms with Gasteiger partial charge in [-0.15, -0.1) is 0 Å². The number of nitrogens with one attached hydrogen (secondary N) is 2. The van der Waals surface area contributed by atoms with E-state index in [1.54, 1.807) is 43.3 Å². The van der Waals surface area contributed by atoms with Crippen LogP contribution in [0.4, 0.5) is 15.8 Å². The smallest absolute Gasteiger partial charge is 0.261 e. The van der Waals surface area contributed by atoms with Crippen molar-refractivity contribution >= 4 is 45.0 Å². The van der Waals surface area contributed by atoms with Gasteiger partial charge in [0.05, 0.1) is 10.6 Å². The predicted molar refractivity (Wildman–Crippen MR) is 118 cm³/mol. The van der Waals surface area contributed by atoms with Gasteiger partial charge in [0, 0.05) is 16.8 Å². The number of anilines is 2. The number of aryl methyl sites for hydroxylation is 1. The molecule has 2 N–H and O–H groups in total. The fourth-order valence-electron chi connectivity index (χ4n) is 2.59. The summed E-state index contributed by atoms with van der Waals surface area (Å²) in [6.45, 7) is 1.75. The van der Waals surface area contributed by atoms with Gasteiger partial charge >= 0.3 is 0 Å². The van der Waals surface area contributed by atoms with E-state index in [1.807, 2.05) is 0 Å². The first-order valence-electron chi connectivity index (χ1n) is 8.87. The summed E-state index contributed by atoms with van der Waals surface area (Å²) in [7, 11) is -3.79. The highest BCUT2D eigenvalue weighted by Gasteiger charge is 2.15. The van der Waals surface area contributed by atoms with Crippen LogP contribution in [-0.4, -0.2) is 14.3 Å². The Hall–Kier alpha value is -3.16. The molecule has 0 aliphatic carbocycles. The first-order chi connectivity index (χ1) is 14.2. The number of carbonyl (C=O) groups is 1. The fourth-order valence-corrected chi connectivity index (χ4v) is 3.95. The zero-order valence-electron chi connectivity index (χ0n) is 15.9. The van der Waals surface area contributed by atoms with Crippen molar-refractivity contribution in [3.63, 3.8) is 0 Å². The molecule has 0 saturated heterocycles. The molecule has 0 saturated carbocycles. The number of halogens is 2. The molecule has 0 bridgehead atoms. The number of hydrogen-bond donors (Lipinski definition) is 2. The number of rotatable bonds is 6. The monoisotopic (exact) mass is 444 g/mol. The van der Waals surface area contributed by atoms with Gasteiger partial charge in [-0.25, -0.2) is 12.8 Å². The third kappa shape index (κ3) is 5.68. The molecule has 30 heavy (non-hydrogen) atoms. The van der Waals surface area contributed by atoms with Gasteiger partial charge < -0.3 is 5.32 Å². The summed E-state index contributed by atoms with van der Waals surface area (Å²) in [5, 5.41) is 3.16. The zero-order chi connectivity index (χ0) is 21.7. The minimum absolute atomic E-state index is 0.0525. The van der Waals surface area contributed by atoms with Gasteiger partial charge in [-0.05, 0) is 78.7 Å². The second-order valence-electron chi connectivity index (χ2n) is 6.46. The Bertz CT molecular complexity index is 1190. The van der Waals surface area contributed by atoms with E-state index in [1.165, 1.54) is 42.5 Å². The molecule has 0 aliphatic heterocycles. The third-order valence-corrected chi connectivity index (χ3v) is 5.78. The van der Waals surface area contributed by atoms with Crippen molar-refractivity contribution in [1.29, 1.82) is 0 Å². The van der Waals surface area contributed by atoms with Crippen LogP contribution in [0.25, 0.3) is 6.08 Å². The van der Waals surface area contributed by atoms with Crippen LogP contribution in [0.1, 0.15) is 11.1 Å². The van der Waals surface area contributed by atoms with Crippen molar-refractivity contribution < 1.29 is 17.6 Å². The highest BCUT2D eigenvalue weighted by atomic mass is 35.5. The highest BCUT2D eigenvalue weighted by molar-refractivity contribution is 7.92. The van der Waals surface area contributed by atoms with Crippen LogP contribution in [0, 0.1) is 12.7 Å². The Balaban J connectivity index is 1.66. The molecule has 3 aromatic carbocycles. The summed E-state index contributed by atoms with van der Waals surface area (Å²) < 4.78 is 40.6. The number of amides is 1. The van der Waals surface area contributed by atoms with Crippen LogP contribution in [0.5, 0.6) is 0 Å². The minimum Gasteiger partial charge on any atom is -0.323 e. The Labute approximate surface area is 179 Å². The quantitative estimate of drug-likeness (QED) is 0.510. The highest BCUT2D eigenvalue weighted by Crippen LogP contribution is 2.23. The Morgan fingerprint density at radius 2 is 1.67 bits per heavy atom. The van der Waals surface area contributed by atoms with Crippen molar-refractivity contribution in [3.8, 4) is 0 Å². The predicted octanol–water partition coefficient (Wildman–Crippen LogP) is 5.24. The van der Waals surface area contributed by atoms with Crippen molar-refractivity contribution in [1.82, 2.24) is 0 Å². The second-order valence-corrected chi connectivity index (χ2v) is 8.58. The SMILES string of the molecule is Cc1cc(Cl)ccc1NS(=O)(=O)c1ccc(NC(=O)/C=C/c2ccc(F)cc2)cc1. The van der Waals surface area contributed by atoms with Gasteiger partial charge in [-0.1, -0.05) is 23.7 Å². The second kappa shape index (κ2) is 9.11. The molecule has 0 aliphatic rings. The van der Waals surface area contributed by atoms with Crippen molar-refractivity contribution in [3.05, 3.63) is 94.8 Å². The average Bonchev–Trinajstić information content (AvgIpc) is 2.70. The van der Waals surface area contributed by atoms with E-state index < -0.39 is 15.9 Å². The van der Waals surface area contributed by atoms with Crippen molar-refractivity contribution in [2.24, 2.45) is 0 Å². The maximum Gasteiger partial charge on any atom is 0.261 e. The van der Waals surface area contributed by atoms with Gasteiger partial charge in [-0.3, -0.25) is 9.52 Å². The van der Waals surface area contributed by atoms with Gasteiger partial charge in [0.15, 0.2) is 0 Å². The summed E-state index contributed by atoms with van der Waals surface area (Å²) in [5.41, 5.74) is 2.24. The molecule has 1 amide bonds. The number of sulfonamides is 1. The van der Waals surface area contributed by atoms with E-state index in [9.17, 15) is 17.6 Å². The fraction of sp³-hybridized carbons (Fsp3) is 0.0455. The first-order valence-corrected chi connectivity index (χ1v) is 10.7. The number of benzene rings is 3. The maximum absolute atomic E-state index is 12.9. The van der Waals surface area contributed by atoms with Crippen LogP contribution in [-0.2, 0) is 14.8 Å². The van der Waals surface area contributed by atoms with Gasteiger partial charge in [-0.2, -0.15) is 0 Å². The summed E-state index contributed by atoms with van der Waals surface area (Å²) in [6, 6.07) is 16.3. The minimum atomic E-state index is -3.79. The van der Waals surface area contributed by atoms with E-state index in [2.05, 4.69) is 10.0 Å². The summed E-state index contributed by atoms with van der Waals surface area (Å²) in [5.74, 6) is -0.753. The molecule has 154 valence electrons. The molecule has 3 rings (SSSR count). The topological polar surface area (TPSA) is 75.3 Å². The van der Waals surface area contributed by atoms with E-state index in [-0.39, 0.29) is 10.7 Å². The van der Waals surface area contributed by atoms with E-state index in [0.717, 1.165) is 0 Å². The number of hydrogen-bond acceptors (Lipinski definition) is 3. The Morgan fingerprint density at radius 1 is 1.00 bits per heavy atom. The van der Waals surface area contributed by atoms with Crippen LogP contribution in [0.15, 0.2) is 77.7 Å². The normalized spacial score (nSPS) is 11.4. The molecule has 0 radical (unpaired) electrons. The summed E-state index contributed by atoms with van der Waals surface area (Å²) in [4.78, 5) is 12.1. The molecule has 3 aromatic rings. The molecule has 0 unspecified atom stereocenters. The van der Waals surface area contributed by atoms with Gasteiger partial charge in [0.1, 0.15) is 5.82 Å². The van der Waals surface area contributed by atoms with Crippen LogP contribution in [0.3, 0.4) is 0 Å². The lowest BCUT2D eigenvalue weighted by Gasteiger charge is -2.11. The lowest BCUT2D eigenvalue weighted by molar-refractivity contribution is -0.111. The van der Waals surface area contributed by atoms with E-state index in [0.29, 0.717) is 27.5 Å². The molecule has 0 fully saturated rings. The molecular weight excluding hydrogens is 427 g/mol. The van der Waals surface area contributed by atoms with Crippen molar-refractivity contribution in [2.75, 3.05) is 10.0 Å². The number of carbonyl (C=O) groups excluding carboxylic acids is 1. The van der Waals surface area contributed by atoms with E-state index >= 15 is 0 Å². The molecule has 5 nitrogen and oxygen atoms in total. The molecule has 0 heterocycles. The Kier molecular flexibility index (Phi) is 6.54. The molecular formula is C22H18ClFN2O3S. The third-order valence-electron chi connectivity index (χ3n) is 4.16. The molecule has 0 spiro atoms. The molecule has 0 atom stereocenters. The summed E-state index contributed by atoms with van der Waals surface area (Å²) in [6.07, 6.45) is 2.86. The molecule has 8 heteroatoms. The van der Waals surface area contributed by atoms with E-state index in [4.69, 9.17) is 11.6 Å². The standard InChI is InChI=1S/C22H18ClFN2O3S/c1-15-14-17(23)5-12-21(15)26-30(28,29)20-10-8-19(9-11-20)25-22(27)13-4-16-2-6-18(24)7-3-16/h2-14,26H,1H3,(H,25,27)/b13-4+. The van der Waals surface area contributed by atoms with Crippen molar-refractivity contribution in [2.45, 2.75) is 11.8 Å². The lowest BCUT2D eigenvalue weighted by Crippen LogP contribution is -2.14. The van der Waals surface area contributed by atoms with Crippen LogP contribution in [0.2, 0.25) is 5.02 Å². The average molecular weight is 445 g/mol. The first kappa shape index (κ1) is 21.5. The van der Waals surface area contributed by atoms with Gasteiger partial charge in [0.2, 0.25) is 5.91 Å². The lowest BCUT2D eigenvalue weighted by atomic mass is 10.2. The largest absolute Gasteiger partial charge is 0.323 e.